The van der Waals surface area contributed by atoms with Crippen LogP contribution in [0.25, 0.3) is 0 Å². The molecule has 3 heterocycles. The second-order valence-electron chi connectivity index (χ2n) is 13.1. The summed E-state index contributed by atoms with van der Waals surface area (Å²) in [7, 11) is 0. The number of halogens is 1. The molecule has 1 aliphatic carbocycles. The summed E-state index contributed by atoms with van der Waals surface area (Å²) in [6.07, 6.45) is 8.42. The molecule has 0 amide bonds. The molecule has 1 saturated carbocycles. The van der Waals surface area contributed by atoms with Crippen LogP contribution in [-0.4, -0.2) is 66.2 Å². The average Bonchev–Trinajstić information content (AvgIpc) is 3.49. The Morgan fingerprint density at radius 1 is 1.02 bits per heavy atom. The quantitative estimate of drug-likeness (QED) is 0.262. The van der Waals surface area contributed by atoms with Crippen molar-refractivity contribution >= 4 is 17.6 Å². The molecule has 44 heavy (non-hydrogen) atoms. The minimum atomic E-state index is -0.443. The van der Waals surface area contributed by atoms with E-state index in [9.17, 15) is 9.18 Å². The minimum Gasteiger partial charge on any atom is -0.462 e. The zero-order valence-corrected chi connectivity index (χ0v) is 26.1. The second-order valence-corrected chi connectivity index (χ2v) is 13.1. The Hall–Kier alpha value is -3.52. The molecular weight excluding hydrogens is 553 g/mol. The van der Waals surface area contributed by atoms with Crippen molar-refractivity contribution in [2.45, 2.75) is 63.9 Å². The first-order valence-corrected chi connectivity index (χ1v) is 16.4. The van der Waals surface area contributed by atoms with E-state index in [1.54, 1.807) is 24.5 Å². The van der Waals surface area contributed by atoms with Gasteiger partial charge in [0, 0.05) is 67.9 Å². The van der Waals surface area contributed by atoms with Crippen molar-refractivity contribution in [3.63, 3.8) is 0 Å². The number of hydrogen-bond acceptors (Lipinski definition) is 7. The average molecular weight is 600 g/mol. The number of aromatic nitrogens is 2. The van der Waals surface area contributed by atoms with E-state index in [-0.39, 0.29) is 29.7 Å². The first-order valence-electron chi connectivity index (χ1n) is 16.4. The van der Waals surface area contributed by atoms with E-state index in [0.717, 1.165) is 70.4 Å². The first-order chi connectivity index (χ1) is 21.4. The van der Waals surface area contributed by atoms with Crippen LogP contribution < -0.4 is 10.2 Å². The molecule has 3 aliphatic rings. The summed E-state index contributed by atoms with van der Waals surface area (Å²) in [4.78, 5) is 26.6. The highest BCUT2D eigenvalue weighted by molar-refractivity contribution is 5.69. The van der Waals surface area contributed by atoms with Crippen molar-refractivity contribution < 1.29 is 13.9 Å². The highest BCUT2D eigenvalue weighted by Gasteiger charge is 2.53. The van der Waals surface area contributed by atoms with Crippen molar-refractivity contribution in [3.8, 4) is 0 Å². The number of ether oxygens (including phenoxy) is 1. The van der Waals surface area contributed by atoms with E-state index in [1.165, 1.54) is 17.3 Å². The number of aryl methyl sites for hydroxylation is 1. The van der Waals surface area contributed by atoms with Crippen LogP contribution in [0.1, 0.15) is 56.6 Å². The molecule has 7 nitrogen and oxygen atoms in total. The number of anilines is 2. The lowest BCUT2D eigenvalue weighted by atomic mass is 9.58. The Kier molecular flexibility index (Phi) is 9.45. The number of esters is 1. The fourth-order valence-corrected chi connectivity index (χ4v) is 8.08. The van der Waals surface area contributed by atoms with Crippen LogP contribution >= 0.6 is 0 Å². The van der Waals surface area contributed by atoms with Crippen LogP contribution in [0.2, 0.25) is 0 Å². The Morgan fingerprint density at radius 3 is 2.48 bits per heavy atom. The Morgan fingerprint density at radius 2 is 1.77 bits per heavy atom. The number of nitrogens with one attached hydrogen (secondary N) is 1. The van der Waals surface area contributed by atoms with Gasteiger partial charge in [-0.2, -0.15) is 0 Å². The number of likely N-dealkylation sites (tertiary alicyclic amines) is 1. The number of carbonyl (C=O) groups excluding carboxylic acids is 1. The van der Waals surface area contributed by atoms with E-state index >= 15 is 0 Å². The molecule has 2 aromatic carbocycles. The predicted octanol–water partition coefficient (Wildman–Crippen LogP) is 6.24. The molecule has 1 N–H and O–H groups in total. The lowest BCUT2D eigenvalue weighted by Crippen LogP contribution is -2.56. The Labute approximate surface area is 261 Å². The van der Waals surface area contributed by atoms with Gasteiger partial charge in [-0.1, -0.05) is 36.8 Å². The van der Waals surface area contributed by atoms with E-state index in [0.29, 0.717) is 24.8 Å². The second kappa shape index (κ2) is 13.6. The van der Waals surface area contributed by atoms with Gasteiger partial charge < -0.3 is 19.9 Å². The molecule has 0 unspecified atom stereocenters. The van der Waals surface area contributed by atoms with Crippen LogP contribution in [0.4, 0.5) is 16.0 Å². The van der Waals surface area contributed by atoms with Crippen LogP contribution in [0.3, 0.4) is 0 Å². The van der Waals surface area contributed by atoms with Gasteiger partial charge in [0.1, 0.15) is 11.9 Å². The molecule has 6 rings (SSSR count). The maximum Gasteiger partial charge on any atom is 0.305 e. The molecule has 234 valence electrons. The molecule has 3 aromatic rings. The fraction of sp³-hybridized carbons (Fsp3) is 0.528. The highest BCUT2D eigenvalue weighted by Crippen LogP contribution is 2.51. The third kappa shape index (κ3) is 6.60. The van der Waals surface area contributed by atoms with Gasteiger partial charge in [-0.05, 0) is 93.9 Å². The van der Waals surface area contributed by atoms with Crippen molar-refractivity contribution in [3.05, 3.63) is 83.9 Å². The minimum absolute atomic E-state index is 0.0715. The Bertz CT molecular complexity index is 1370. The lowest BCUT2D eigenvalue weighted by Gasteiger charge is -2.51. The van der Waals surface area contributed by atoms with Gasteiger partial charge >= 0.3 is 5.97 Å². The molecule has 2 saturated heterocycles. The number of hydrogen-bond donors (Lipinski definition) is 1. The lowest BCUT2D eigenvalue weighted by molar-refractivity contribution is -0.152. The van der Waals surface area contributed by atoms with E-state index in [4.69, 9.17) is 4.74 Å². The Balaban J connectivity index is 1.22. The number of rotatable bonds is 11. The zero-order valence-electron chi connectivity index (χ0n) is 26.1. The predicted molar refractivity (Wildman–Crippen MR) is 172 cm³/mol. The molecule has 0 bridgehead atoms. The molecule has 2 aliphatic heterocycles. The number of benzene rings is 2. The van der Waals surface area contributed by atoms with Gasteiger partial charge in [-0.15, -0.1) is 0 Å². The van der Waals surface area contributed by atoms with Gasteiger partial charge in [0.15, 0.2) is 0 Å². The first kappa shape index (κ1) is 30.5. The summed E-state index contributed by atoms with van der Waals surface area (Å²) in [6, 6.07) is 17.8. The van der Waals surface area contributed by atoms with Crippen molar-refractivity contribution in [1.82, 2.24) is 14.9 Å². The standard InChI is InChI=1S/C36H46FN5O2/c1-3-34(43)44-33-10-5-9-32(33)36(29-7-4-8-30(37)21-29,25-40-35-38-17-6-18-39-35)28-15-19-41(20-16-28)22-27-23-42(24-27)31-13-11-26(2)12-14-31/h4,6-8,11-14,17-18,21,27-28,32-33H,3,5,9-10,15-16,19-20,22-25H2,1-2H3,(H,38,39,40)/t32-,33-,36-/m0/s1. The van der Waals surface area contributed by atoms with Gasteiger partial charge in [-0.3, -0.25) is 4.79 Å². The van der Waals surface area contributed by atoms with Crippen LogP contribution in [0, 0.1) is 30.5 Å². The number of carbonyl (C=O) groups is 1. The summed E-state index contributed by atoms with van der Waals surface area (Å²) in [6.45, 7) is 9.87. The fourth-order valence-electron chi connectivity index (χ4n) is 8.08. The summed E-state index contributed by atoms with van der Waals surface area (Å²) < 4.78 is 21.1. The SMILES string of the molecule is CCC(=O)O[C@H]1CCC[C@@H]1[C@](CNc1ncccn1)(c1cccc(F)c1)C1CCN(CC2CN(c3ccc(C)cc3)C2)CC1. The van der Waals surface area contributed by atoms with Crippen molar-refractivity contribution in [1.29, 1.82) is 0 Å². The van der Waals surface area contributed by atoms with Gasteiger partial charge in [0.05, 0.1) is 0 Å². The molecule has 1 aromatic heterocycles. The normalized spacial score (nSPS) is 22.8. The van der Waals surface area contributed by atoms with E-state index in [2.05, 4.69) is 62.3 Å². The van der Waals surface area contributed by atoms with Crippen molar-refractivity contribution in [2.24, 2.45) is 17.8 Å². The summed E-state index contributed by atoms with van der Waals surface area (Å²) >= 11 is 0. The third-order valence-corrected chi connectivity index (χ3v) is 10.3. The van der Waals surface area contributed by atoms with E-state index in [1.807, 2.05) is 13.0 Å². The maximum absolute atomic E-state index is 15.0. The van der Waals surface area contributed by atoms with Gasteiger partial charge in [0.25, 0.3) is 0 Å². The molecule has 0 radical (unpaired) electrons. The summed E-state index contributed by atoms with van der Waals surface area (Å²) in [5.74, 6) is 1.20. The van der Waals surface area contributed by atoms with Gasteiger partial charge in [0.2, 0.25) is 5.95 Å². The summed E-state index contributed by atoms with van der Waals surface area (Å²) in [5.41, 5.74) is 3.15. The smallest absolute Gasteiger partial charge is 0.305 e. The molecule has 3 atom stereocenters. The third-order valence-electron chi connectivity index (χ3n) is 10.3. The molecule has 3 fully saturated rings. The summed E-state index contributed by atoms with van der Waals surface area (Å²) in [5, 5.41) is 3.55. The van der Waals surface area contributed by atoms with Crippen LogP contribution in [0.15, 0.2) is 67.0 Å². The largest absolute Gasteiger partial charge is 0.462 e. The van der Waals surface area contributed by atoms with Crippen LogP contribution in [0.5, 0.6) is 0 Å². The topological polar surface area (TPSA) is 70.6 Å². The molecular formula is C36H46FN5O2. The number of piperidine rings is 1. The van der Waals surface area contributed by atoms with Crippen LogP contribution in [-0.2, 0) is 14.9 Å². The highest BCUT2D eigenvalue weighted by atomic mass is 19.1. The molecule has 0 spiro atoms. The monoisotopic (exact) mass is 599 g/mol. The number of nitrogens with zero attached hydrogens (tertiary/aromatic N) is 4. The zero-order chi connectivity index (χ0) is 30.5. The van der Waals surface area contributed by atoms with Crippen molar-refractivity contribution in [2.75, 3.05) is 49.5 Å². The van der Waals surface area contributed by atoms with E-state index < -0.39 is 5.41 Å². The maximum atomic E-state index is 15.0. The van der Waals surface area contributed by atoms with Gasteiger partial charge in [-0.25, -0.2) is 14.4 Å². The molecule has 8 heteroatoms.